The fourth-order valence-electron chi connectivity index (χ4n) is 4.41. The molecule has 0 fully saturated rings. The molecule has 0 radical (unpaired) electrons. The quantitative estimate of drug-likeness (QED) is 0.277. The second-order valence-electron chi connectivity index (χ2n) is 8.45. The van der Waals surface area contributed by atoms with Gasteiger partial charge in [-0.3, -0.25) is 0 Å². The maximum absolute atomic E-state index is 2.32. The maximum atomic E-state index is 2.32. The monoisotopic (exact) mass is 410 g/mol. The van der Waals surface area contributed by atoms with Gasteiger partial charge in [0, 0.05) is 0 Å². The third-order valence-electron chi connectivity index (χ3n) is 5.95. The number of benzene rings is 5. The first-order valence-electron chi connectivity index (χ1n) is 11.1. The van der Waals surface area contributed by atoms with Crippen LogP contribution in [0.1, 0.15) is 11.1 Å². The van der Waals surface area contributed by atoms with Gasteiger partial charge in [0.1, 0.15) is 0 Å². The lowest BCUT2D eigenvalue weighted by Gasteiger charge is -2.13. The molecule has 154 valence electrons. The van der Waals surface area contributed by atoms with E-state index in [1.165, 1.54) is 55.6 Å². The van der Waals surface area contributed by atoms with E-state index >= 15 is 0 Å². The first-order valence-corrected chi connectivity index (χ1v) is 11.1. The van der Waals surface area contributed by atoms with Crippen LogP contribution in [0.25, 0.3) is 44.5 Å². The highest BCUT2D eigenvalue weighted by Gasteiger charge is 2.09. The van der Waals surface area contributed by atoms with Crippen molar-refractivity contribution in [3.05, 3.63) is 132 Å². The number of aryl methyl sites for hydroxylation is 2. The fraction of sp³-hybridized carbons (Fsp3) is 0.0625. The molecule has 5 aromatic rings. The molecule has 0 aliphatic rings. The van der Waals surface area contributed by atoms with Gasteiger partial charge in [-0.05, 0) is 76.1 Å². The van der Waals surface area contributed by atoms with E-state index in [4.69, 9.17) is 0 Å². The van der Waals surface area contributed by atoms with E-state index in [-0.39, 0.29) is 0 Å². The van der Waals surface area contributed by atoms with Crippen molar-refractivity contribution in [1.29, 1.82) is 0 Å². The molecule has 5 rings (SSSR count). The molecule has 0 saturated heterocycles. The summed E-state index contributed by atoms with van der Waals surface area (Å²) in [5.74, 6) is 0. The van der Waals surface area contributed by atoms with Crippen LogP contribution in [0.5, 0.6) is 0 Å². The van der Waals surface area contributed by atoms with Gasteiger partial charge < -0.3 is 0 Å². The average Bonchev–Trinajstić information content (AvgIpc) is 2.84. The van der Waals surface area contributed by atoms with Crippen molar-refractivity contribution >= 4 is 0 Å². The minimum absolute atomic E-state index is 1.24. The zero-order valence-corrected chi connectivity index (χ0v) is 18.5. The minimum atomic E-state index is 1.24. The maximum Gasteiger partial charge on any atom is -0.0105 e. The summed E-state index contributed by atoms with van der Waals surface area (Å²) in [6.45, 7) is 4.32. The topological polar surface area (TPSA) is 0 Å². The Bertz CT molecular complexity index is 1380. The molecule has 0 aliphatic carbocycles. The Labute approximate surface area is 190 Å². The van der Waals surface area contributed by atoms with Crippen molar-refractivity contribution in [1.82, 2.24) is 0 Å². The molecular weight excluding hydrogens is 384 g/mol. The third-order valence-corrected chi connectivity index (χ3v) is 5.95. The molecule has 0 heteroatoms. The van der Waals surface area contributed by atoms with Crippen LogP contribution >= 0.6 is 0 Å². The Morgan fingerprint density at radius 2 is 0.781 bits per heavy atom. The van der Waals surface area contributed by atoms with Crippen LogP contribution in [0, 0.1) is 13.8 Å². The normalized spacial score (nSPS) is 10.8. The zero-order valence-electron chi connectivity index (χ0n) is 18.5. The second-order valence-corrected chi connectivity index (χ2v) is 8.45. The van der Waals surface area contributed by atoms with Crippen molar-refractivity contribution in [2.45, 2.75) is 13.8 Å². The van der Waals surface area contributed by atoms with E-state index in [9.17, 15) is 0 Å². The van der Waals surface area contributed by atoms with Crippen LogP contribution in [-0.2, 0) is 0 Å². The van der Waals surface area contributed by atoms with E-state index < -0.39 is 0 Å². The van der Waals surface area contributed by atoms with Gasteiger partial charge in [-0.2, -0.15) is 0 Å². The van der Waals surface area contributed by atoms with Crippen molar-refractivity contribution in [3.63, 3.8) is 0 Å². The Kier molecular flexibility index (Phi) is 5.44. The lowest BCUT2D eigenvalue weighted by Crippen LogP contribution is -1.88. The molecule has 0 amide bonds. The Morgan fingerprint density at radius 1 is 0.312 bits per heavy atom. The second kappa shape index (κ2) is 8.69. The van der Waals surface area contributed by atoms with Crippen LogP contribution in [-0.4, -0.2) is 0 Å². The molecule has 0 nitrogen and oxygen atoms in total. The van der Waals surface area contributed by atoms with Gasteiger partial charge in [0.2, 0.25) is 0 Å². The molecule has 0 bridgehead atoms. The summed E-state index contributed by atoms with van der Waals surface area (Å²) in [6, 6.07) is 43.8. The molecule has 0 aliphatic heterocycles. The molecule has 32 heavy (non-hydrogen) atoms. The standard InChI is InChI=1S/C32H26/c1-23-10-8-14-27(18-23)31-16-6-7-17-32(31)28-15-9-13-26(21-28)30-20-24(2)19-29(22-30)25-11-4-3-5-12-25/h3-22H,1-2H3. The number of rotatable bonds is 4. The van der Waals surface area contributed by atoms with Crippen molar-refractivity contribution in [2.75, 3.05) is 0 Å². The van der Waals surface area contributed by atoms with Crippen LogP contribution < -0.4 is 0 Å². The molecule has 0 N–H and O–H groups in total. The lowest BCUT2D eigenvalue weighted by atomic mass is 9.91. The molecule has 0 saturated carbocycles. The summed E-state index contributed by atoms with van der Waals surface area (Å²) in [6.07, 6.45) is 0. The van der Waals surface area contributed by atoms with Gasteiger partial charge in [-0.15, -0.1) is 0 Å². The summed E-state index contributed by atoms with van der Waals surface area (Å²) in [7, 11) is 0. The highest BCUT2D eigenvalue weighted by molar-refractivity contribution is 5.86. The molecule has 0 aromatic heterocycles. The lowest BCUT2D eigenvalue weighted by molar-refractivity contribution is 1.45. The van der Waals surface area contributed by atoms with Crippen molar-refractivity contribution in [3.8, 4) is 44.5 Å². The Balaban J connectivity index is 1.60. The first-order chi connectivity index (χ1) is 15.7. The van der Waals surface area contributed by atoms with E-state index in [0.717, 1.165) is 0 Å². The summed E-state index contributed by atoms with van der Waals surface area (Å²) in [4.78, 5) is 0. The third kappa shape index (κ3) is 4.13. The Morgan fingerprint density at radius 3 is 1.47 bits per heavy atom. The first kappa shape index (κ1) is 20.0. The minimum Gasteiger partial charge on any atom is -0.0622 e. The van der Waals surface area contributed by atoms with Gasteiger partial charge in [0.25, 0.3) is 0 Å². The smallest absolute Gasteiger partial charge is 0.0105 e. The van der Waals surface area contributed by atoms with E-state index in [1.807, 2.05) is 0 Å². The predicted octanol–water partition coefficient (Wildman–Crippen LogP) is 8.97. The van der Waals surface area contributed by atoms with E-state index in [1.54, 1.807) is 0 Å². The van der Waals surface area contributed by atoms with Crippen LogP contribution in [0.15, 0.2) is 121 Å². The van der Waals surface area contributed by atoms with Crippen LogP contribution in [0.2, 0.25) is 0 Å². The van der Waals surface area contributed by atoms with Crippen LogP contribution in [0.4, 0.5) is 0 Å². The predicted molar refractivity (Wildman–Crippen MR) is 138 cm³/mol. The molecule has 0 spiro atoms. The molecular formula is C32H26. The molecule has 0 unspecified atom stereocenters. The number of hydrogen-bond donors (Lipinski definition) is 0. The highest BCUT2D eigenvalue weighted by atomic mass is 14.1. The largest absolute Gasteiger partial charge is 0.0622 e. The highest BCUT2D eigenvalue weighted by Crippen LogP contribution is 2.35. The van der Waals surface area contributed by atoms with Crippen molar-refractivity contribution in [2.24, 2.45) is 0 Å². The van der Waals surface area contributed by atoms with E-state index in [0.29, 0.717) is 0 Å². The zero-order chi connectivity index (χ0) is 21.9. The average molecular weight is 411 g/mol. The summed E-state index contributed by atoms with van der Waals surface area (Å²) in [5, 5.41) is 0. The molecule has 5 aromatic carbocycles. The van der Waals surface area contributed by atoms with Gasteiger partial charge >= 0.3 is 0 Å². The summed E-state index contributed by atoms with van der Waals surface area (Å²) < 4.78 is 0. The van der Waals surface area contributed by atoms with Crippen LogP contribution in [0.3, 0.4) is 0 Å². The van der Waals surface area contributed by atoms with Gasteiger partial charge in [-0.25, -0.2) is 0 Å². The fourth-order valence-corrected chi connectivity index (χ4v) is 4.41. The molecule has 0 atom stereocenters. The summed E-state index contributed by atoms with van der Waals surface area (Å²) >= 11 is 0. The Hall–Kier alpha value is -3.90. The van der Waals surface area contributed by atoms with Gasteiger partial charge in [0.15, 0.2) is 0 Å². The summed E-state index contributed by atoms with van der Waals surface area (Å²) in [5.41, 5.74) is 12.6. The van der Waals surface area contributed by atoms with Gasteiger partial charge in [0.05, 0.1) is 0 Å². The van der Waals surface area contributed by atoms with Gasteiger partial charge in [-0.1, -0.05) is 115 Å². The number of hydrogen-bond acceptors (Lipinski definition) is 0. The molecule has 0 heterocycles. The SMILES string of the molecule is Cc1cc(-c2ccccc2)cc(-c2cccc(-c3ccccc3-c3cccc(C)c3)c2)c1. The van der Waals surface area contributed by atoms with E-state index in [2.05, 4.69) is 135 Å². The van der Waals surface area contributed by atoms with Crippen molar-refractivity contribution < 1.29 is 0 Å².